The van der Waals surface area contributed by atoms with Crippen molar-refractivity contribution in [2.45, 2.75) is 97.4 Å². The molecule has 3 aliphatic heterocycles. The van der Waals surface area contributed by atoms with E-state index in [9.17, 15) is 9.59 Å². The van der Waals surface area contributed by atoms with Crippen molar-refractivity contribution in [3.63, 3.8) is 0 Å². The van der Waals surface area contributed by atoms with Crippen LogP contribution in [0.4, 0.5) is 5.82 Å². The van der Waals surface area contributed by atoms with Gasteiger partial charge in [-0.15, -0.1) is 0 Å². The van der Waals surface area contributed by atoms with E-state index in [1.807, 2.05) is 51.1 Å². The molecular weight excluding hydrogens is 564 g/mol. The number of halogens is 1. The first-order valence-electron chi connectivity index (χ1n) is 15.7. The van der Waals surface area contributed by atoms with E-state index in [1.165, 1.54) is 10.1 Å². The normalized spacial score (nSPS) is 24.8. The fourth-order valence-corrected chi connectivity index (χ4v) is 6.45. The Morgan fingerprint density at radius 3 is 2.65 bits per heavy atom. The number of aromatic nitrogens is 2. The fraction of sp³-hybridized carbons (Fsp3) is 0.529. The van der Waals surface area contributed by atoms with Crippen LogP contribution in [0.1, 0.15) is 82.9 Å². The SMILES string of the molecule is CC1=C(\C2=Nc3c(c(=O)n(CCCOC4CCCCO4)c(=O)n3C(C)C)CCC2Cc2ccccc2)CC/C=C/C(Cl)=N\1. The predicted octanol–water partition coefficient (Wildman–Crippen LogP) is 6.66. The van der Waals surface area contributed by atoms with Crippen LogP contribution in [-0.2, 0) is 28.9 Å². The number of aliphatic imine (C=N–C) groups is 2. The van der Waals surface area contributed by atoms with Gasteiger partial charge in [0.1, 0.15) is 11.0 Å². The highest BCUT2D eigenvalue weighted by Gasteiger charge is 2.30. The second-order valence-corrected chi connectivity index (χ2v) is 12.3. The topological polar surface area (TPSA) is 87.2 Å². The largest absolute Gasteiger partial charge is 0.353 e. The van der Waals surface area contributed by atoms with E-state index < -0.39 is 0 Å². The number of hydrogen-bond donors (Lipinski definition) is 0. The third-order valence-electron chi connectivity index (χ3n) is 8.44. The quantitative estimate of drug-likeness (QED) is 0.299. The number of nitrogens with zero attached hydrogens (tertiary/aromatic N) is 4. The highest BCUT2D eigenvalue weighted by atomic mass is 35.5. The highest BCUT2D eigenvalue weighted by molar-refractivity contribution is 6.68. The van der Waals surface area contributed by atoms with E-state index in [-0.39, 0.29) is 36.0 Å². The maximum atomic E-state index is 14.0. The van der Waals surface area contributed by atoms with Crippen LogP contribution in [0, 0.1) is 5.92 Å². The molecule has 9 heteroatoms. The highest BCUT2D eigenvalue weighted by Crippen LogP contribution is 2.33. The number of allylic oxidation sites excluding steroid dienone is 4. The van der Waals surface area contributed by atoms with Gasteiger partial charge in [-0.25, -0.2) is 14.8 Å². The van der Waals surface area contributed by atoms with Crippen LogP contribution < -0.4 is 11.2 Å². The van der Waals surface area contributed by atoms with Crippen LogP contribution in [0.25, 0.3) is 0 Å². The molecule has 0 spiro atoms. The van der Waals surface area contributed by atoms with Crippen LogP contribution in [0.3, 0.4) is 0 Å². The van der Waals surface area contributed by atoms with Crippen molar-refractivity contribution < 1.29 is 9.47 Å². The molecular formula is C34H43ClN4O4. The average Bonchev–Trinajstić information content (AvgIpc) is 3.16. The Balaban J connectivity index is 1.55. The third-order valence-corrected chi connectivity index (χ3v) is 8.65. The van der Waals surface area contributed by atoms with Crippen molar-refractivity contribution in [2.24, 2.45) is 15.9 Å². The lowest BCUT2D eigenvalue weighted by molar-refractivity contribution is -0.163. The number of ether oxygens (including phenoxy) is 2. The molecule has 2 atom stereocenters. The van der Waals surface area contributed by atoms with Gasteiger partial charge >= 0.3 is 5.69 Å². The minimum absolute atomic E-state index is 0.0459. The van der Waals surface area contributed by atoms with Gasteiger partial charge in [-0.2, -0.15) is 0 Å². The molecule has 230 valence electrons. The lowest BCUT2D eigenvalue weighted by Gasteiger charge is -2.23. The van der Waals surface area contributed by atoms with Crippen molar-refractivity contribution >= 4 is 28.3 Å². The molecule has 3 aliphatic rings. The Morgan fingerprint density at radius 2 is 1.91 bits per heavy atom. The maximum Gasteiger partial charge on any atom is 0.332 e. The molecule has 0 amide bonds. The molecule has 2 unspecified atom stereocenters. The Kier molecular flexibility index (Phi) is 10.6. The van der Waals surface area contributed by atoms with Gasteiger partial charge in [-0.3, -0.25) is 13.9 Å². The third kappa shape index (κ3) is 7.54. The first kappa shape index (κ1) is 31.4. The Hall–Kier alpha value is -3.07. The minimum Gasteiger partial charge on any atom is -0.353 e. The van der Waals surface area contributed by atoms with Crippen LogP contribution in [0.5, 0.6) is 0 Å². The molecule has 0 saturated carbocycles. The summed E-state index contributed by atoms with van der Waals surface area (Å²) in [6.07, 6.45) is 10.9. The van der Waals surface area contributed by atoms with Crippen LogP contribution in [0.2, 0.25) is 0 Å². The Labute approximate surface area is 258 Å². The molecule has 2 aromatic rings. The van der Waals surface area contributed by atoms with Gasteiger partial charge in [-0.1, -0.05) is 48.0 Å². The van der Waals surface area contributed by atoms with E-state index in [2.05, 4.69) is 17.1 Å². The summed E-state index contributed by atoms with van der Waals surface area (Å²) in [5.41, 5.74) is 3.98. The standard InChI is InChI=1S/C34H43ClN4O4/c1-23(2)39-32-28(33(40)38(34(39)41)19-11-21-43-30-16-9-10-20-42-30)18-17-26(22-25-12-5-4-6-13-25)31(37-32)27-14-7-8-15-29(35)36-24(27)3/h4-6,8,12-13,15,23,26,30H,7,9-11,14,16-22H2,1-3H3/b15-8+,27-24+,36-29+. The summed E-state index contributed by atoms with van der Waals surface area (Å²) in [5, 5.41) is 0.435. The molecule has 1 aromatic heterocycles. The summed E-state index contributed by atoms with van der Waals surface area (Å²) in [6.45, 7) is 7.35. The maximum absolute atomic E-state index is 14.0. The predicted molar refractivity (Wildman–Crippen MR) is 173 cm³/mol. The van der Waals surface area contributed by atoms with Crippen LogP contribution >= 0.6 is 11.6 Å². The van der Waals surface area contributed by atoms with Crippen LogP contribution in [-0.4, -0.2) is 39.5 Å². The molecule has 1 saturated heterocycles. The number of benzene rings is 1. The van der Waals surface area contributed by atoms with E-state index in [4.69, 9.17) is 26.1 Å². The zero-order valence-electron chi connectivity index (χ0n) is 25.6. The fourth-order valence-electron chi connectivity index (χ4n) is 6.23. The molecule has 0 radical (unpaired) electrons. The van der Waals surface area contributed by atoms with Crippen molar-refractivity contribution in [3.05, 3.63) is 85.7 Å². The minimum atomic E-state index is -0.329. The zero-order valence-corrected chi connectivity index (χ0v) is 26.3. The summed E-state index contributed by atoms with van der Waals surface area (Å²) in [4.78, 5) is 37.8. The second-order valence-electron chi connectivity index (χ2n) is 11.9. The smallest absolute Gasteiger partial charge is 0.332 e. The molecule has 0 N–H and O–H groups in total. The van der Waals surface area contributed by atoms with Crippen molar-refractivity contribution in [2.75, 3.05) is 13.2 Å². The summed E-state index contributed by atoms with van der Waals surface area (Å²) in [5.74, 6) is 0.524. The van der Waals surface area contributed by atoms with Crippen LogP contribution in [0.15, 0.2) is 73.3 Å². The second kappa shape index (κ2) is 14.6. The van der Waals surface area contributed by atoms with Crippen molar-refractivity contribution in [3.8, 4) is 0 Å². The van der Waals surface area contributed by atoms with Gasteiger partial charge in [0.25, 0.3) is 5.56 Å². The van der Waals surface area contributed by atoms with Gasteiger partial charge in [-0.05, 0) is 95.8 Å². The first-order valence-corrected chi connectivity index (χ1v) is 16.1. The van der Waals surface area contributed by atoms with Gasteiger partial charge < -0.3 is 9.47 Å². The summed E-state index contributed by atoms with van der Waals surface area (Å²) < 4.78 is 14.6. The van der Waals surface area contributed by atoms with E-state index in [0.29, 0.717) is 42.6 Å². The molecule has 1 fully saturated rings. The number of hydrogen-bond acceptors (Lipinski definition) is 6. The van der Waals surface area contributed by atoms with Gasteiger partial charge in [0, 0.05) is 30.8 Å². The summed E-state index contributed by atoms with van der Waals surface area (Å²) in [6, 6.07) is 10.2. The van der Waals surface area contributed by atoms with E-state index in [0.717, 1.165) is 61.9 Å². The summed E-state index contributed by atoms with van der Waals surface area (Å²) in [7, 11) is 0. The van der Waals surface area contributed by atoms with Gasteiger partial charge in [0.2, 0.25) is 0 Å². The Morgan fingerprint density at radius 1 is 1.09 bits per heavy atom. The average molecular weight is 607 g/mol. The first-order chi connectivity index (χ1) is 20.8. The zero-order chi connectivity index (χ0) is 30.3. The van der Waals surface area contributed by atoms with E-state index in [1.54, 1.807) is 4.57 Å². The Bertz CT molecular complexity index is 1530. The van der Waals surface area contributed by atoms with Gasteiger partial charge in [0.05, 0.1) is 17.9 Å². The lowest BCUT2D eigenvalue weighted by Crippen LogP contribution is -2.42. The number of fused-ring (bicyclic) bond motifs is 1. The molecule has 43 heavy (non-hydrogen) atoms. The number of rotatable bonds is 9. The molecule has 5 rings (SSSR count). The monoisotopic (exact) mass is 606 g/mol. The van der Waals surface area contributed by atoms with Crippen molar-refractivity contribution in [1.29, 1.82) is 0 Å². The molecule has 4 heterocycles. The molecule has 0 bridgehead atoms. The molecule has 1 aromatic carbocycles. The molecule has 8 nitrogen and oxygen atoms in total. The summed E-state index contributed by atoms with van der Waals surface area (Å²) >= 11 is 6.38. The van der Waals surface area contributed by atoms with Crippen molar-refractivity contribution in [1.82, 2.24) is 9.13 Å². The van der Waals surface area contributed by atoms with Gasteiger partial charge in [0.15, 0.2) is 6.29 Å². The van der Waals surface area contributed by atoms with E-state index >= 15 is 0 Å². The lowest BCUT2D eigenvalue weighted by atomic mass is 9.84. The molecule has 0 aliphatic carbocycles.